The maximum absolute atomic E-state index is 12.6. The summed E-state index contributed by atoms with van der Waals surface area (Å²) in [5, 5.41) is 0.460. The van der Waals surface area contributed by atoms with Crippen molar-refractivity contribution in [1.29, 1.82) is 0 Å². The second kappa shape index (κ2) is 5.10. The quantitative estimate of drug-likeness (QED) is 0.875. The maximum atomic E-state index is 12.6. The van der Waals surface area contributed by atoms with Gasteiger partial charge in [0.25, 0.3) is 0 Å². The summed E-state index contributed by atoms with van der Waals surface area (Å²) < 4.78 is 27.9. The van der Waals surface area contributed by atoms with Crippen molar-refractivity contribution in [3.8, 4) is 0 Å². The third-order valence-corrected chi connectivity index (χ3v) is 7.30. The Morgan fingerprint density at radius 3 is 2.14 bits per heavy atom. The first-order valence-electron chi connectivity index (χ1n) is 6.66. The van der Waals surface area contributed by atoms with Gasteiger partial charge in [0.05, 0.1) is 5.02 Å². The number of hydrogen-bond acceptors (Lipinski definition) is 3. The summed E-state index contributed by atoms with van der Waals surface area (Å²) in [6, 6.07) is 2.78. The van der Waals surface area contributed by atoms with E-state index in [1.165, 1.54) is 12.1 Å². The normalized spacial score (nSPS) is 20.5. The number of nitrogens with one attached hydrogen (secondary N) is 1. The van der Waals surface area contributed by atoms with Gasteiger partial charge in [0.1, 0.15) is 4.90 Å². The Morgan fingerprint density at radius 2 is 1.71 bits per heavy atom. The molecule has 1 aliphatic carbocycles. The Hall–Kier alpha value is -0.330. The van der Waals surface area contributed by atoms with Gasteiger partial charge in [-0.05, 0) is 23.0 Å². The third-order valence-electron chi connectivity index (χ3n) is 4.94. The third kappa shape index (κ3) is 2.59. The van der Waals surface area contributed by atoms with Gasteiger partial charge < -0.3 is 5.73 Å². The summed E-state index contributed by atoms with van der Waals surface area (Å²) in [7, 11) is -3.72. The molecule has 0 amide bonds. The van der Waals surface area contributed by atoms with E-state index < -0.39 is 10.0 Å². The van der Waals surface area contributed by atoms with E-state index in [9.17, 15) is 8.42 Å². The zero-order valence-electron chi connectivity index (χ0n) is 12.5. The molecule has 2 rings (SSSR count). The molecule has 0 spiro atoms. The van der Waals surface area contributed by atoms with E-state index in [2.05, 4.69) is 4.72 Å². The smallest absolute Gasteiger partial charge is 0.242 e. The van der Waals surface area contributed by atoms with Crippen molar-refractivity contribution in [1.82, 2.24) is 4.72 Å². The molecule has 0 unspecified atom stereocenters. The van der Waals surface area contributed by atoms with Crippen molar-refractivity contribution < 1.29 is 8.42 Å². The van der Waals surface area contributed by atoms with Crippen LogP contribution in [-0.4, -0.2) is 14.5 Å². The Labute approximate surface area is 136 Å². The van der Waals surface area contributed by atoms with Crippen molar-refractivity contribution >= 4 is 33.2 Å². The van der Waals surface area contributed by atoms with Gasteiger partial charge in [0.2, 0.25) is 10.0 Å². The maximum Gasteiger partial charge on any atom is 0.242 e. The lowest BCUT2D eigenvalue weighted by Crippen LogP contribution is -2.30. The van der Waals surface area contributed by atoms with Crippen LogP contribution in [0.2, 0.25) is 10.0 Å². The zero-order valence-corrected chi connectivity index (χ0v) is 14.8. The number of halogens is 2. The van der Waals surface area contributed by atoms with Crippen LogP contribution in [-0.2, 0) is 16.6 Å². The van der Waals surface area contributed by atoms with Crippen molar-refractivity contribution in [3.05, 3.63) is 27.7 Å². The Bertz CT molecular complexity index is 670. The van der Waals surface area contributed by atoms with Gasteiger partial charge >= 0.3 is 0 Å². The summed E-state index contributed by atoms with van der Waals surface area (Å²) in [4.78, 5) is 0.0208. The molecule has 1 fully saturated rings. The fourth-order valence-electron chi connectivity index (χ4n) is 2.68. The van der Waals surface area contributed by atoms with Crippen LogP contribution in [0.4, 0.5) is 0 Å². The number of hydrogen-bond donors (Lipinski definition) is 2. The number of benzene rings is 1. The van der Waals surface area contributed by atoms with Crippen molar-refractivity contribution in [2.45, 2.75) is 45.2 Å². The van der Waals surface area contributed by atoms with E-state index in [0.29, 0.717) is 10.6 Å². The van der Waals surface area contributed by atoms with Gasteiger partial charge in [0, 0.05) is 23.2 Å². The summed E-state index contributed by atoms with van der Waals surface area (Å²) >= 11 is 12.1. The van der Waals surface area contributed by atoms with E-state index in [-0.39, 0.29) is 33.3 Å². The molecule has 0 bridgehead atoms. The monoisotopic (exact) mass is 350 g/mol. The average molecular weight is 351 g/mol. The first kappa shape index (κ1) is 17.0. The summed E-state index contributed by atoms with van der Waals surface area (Å²) in [5.74, 6) is 0. The van der Waals surface area contributed by atoms with Crippen molar-refractivity contribution in [2.75, 3.05) is 0 Å². The lowest BCUT2D eigenvalue weighted by atomic mass is 10.0. The van der Waals surface area contributed by atoms with Gasteiger partial charge in [-0.1, -0.05) is 50.9 Å². The molecule has 0 radical (unpaired) electrons. The highest BCUT2D eigenvalue weighted by atomic mass is 35.5. The zero-order chi connectivity index (χ0) is 16.2. The Kier molecular flexibility index (Phi) is 4.14. The number of rotatable bonds is 4. The molecule has 1 aromatic carbocycles. The van der Waals surface area contributed by atoms with Crippen LogP contribution < -0.4 is 10.5 Å². The van der Waals surface area contributed by atoms with Crippen molar-refractivity contribution in [3.63, 3.8) is 0 Å². The molecular weight excluding hydrogens is 331 g/mol. The van der Waals surface area contributed by atoms with E-state index in [4.69, 9.17) is 28.9 Å². The molecule has 118 valence electrons. The Balaban J connectivity index is 2.39. The van der Waals surface area contributed by atoms with Crippen LogP contribution in [0.15, 0.2) is 17.0 Å². The Morgan fingerprint density at radius 1 is 1.19 bits per heavy atom. The fourth-order valence-corrected chi connectivity index (χ4v) is 5.14. The SMILES string of the molecule is CC1(C)C(NS(=O)(=O)c2ccc(Cl)c(CN)c2Cl)C1(C)C. The molecular formula is C14H20Cl2N2O2S. The molecule has 1 saturated carbocycles. The minimum Gasteiger partial charge on any atom is -0.326 e. The minimum absolute atomic E-state index is 0.0208. The van der Waals surface area contributed by atoms with Crippen LogP contribution >= 0.6 is 23.2 Å². The molecule has 21 heavy (non-hydrogen) atoms. The highest BCUT2D eigenvalue weighted by molar-refractivity contribution is 7.89. The molecule has 3 N–H and O–H groups in total. The first-order valence-corrected chi connectivity index (χ1v) is 8.90. The van der Waals surface area contributed by atoms with Crippen molar-refractivity contribution in [2.24, 2.45) is 16.6 Å². The first-order chi connectivity index (χ1) is 9.46. The molecule has 0 aromatic heterocycles. The van der Waals surface area contributed by atoms with E-state index in [1.807, 2.05) is 27.7 Å². The molecule has 0 aliphatic heterocycles. The minimum atomic E-state index is -3.72. The lowest BCUT2D eigenvalue weighted by molar-refractivity contribution is 0.457. The van der Waals surface area contributed by atoms with E-state index in [1.54, 1.807) is 0 Å². The van der Waals surface area contributed by atoms with Crippen LogP contribution in [0.25, 0.3) is 0 Å². The van der Waals surface area contributed by atoms with Gasteiger partial charge in [-0.15, -0.1) is 0 Å². The molecule has 7 heteroatoms. The van der Waals surface area contributed by atoms with E-state index >= 15 is 0 Å². The highest BCUT2D eigenvalue weighted by Crippen LogP contribution is 2.63. The van der Waals surface area contributed by atoms with Gasteiger partial charge in [-0.2, -0.15) is 0 Å². The van der Waals surface area contributed by atoms with E-state index in [0.717, 1.165) is 0 Å². The molecule has 4 nitrogen and oxygen atoms in total. The van der Waals surface area contributed by atoms with Crippen LogP contribution in [0.5, 0.6) is 0 Å². The van der Waals surface area contributed by atoms with Gasteiger partial charge in [-0.3, -0.25) is 0 Å². The predicted octanol–water partition coefficient (Wildman–Crippen LogP) is 3.17. The number of nitrogens with two attached hydrogens (primary N) is 1. The fraction of sp³-hybridized carbons (Fsp3) is 0.571. The molecule has 1 aromatic rings. The average Bonchev–Trinajstić information content (AvgIpc) is 2.71. The van der Waals surface area contributed by atoms with Crippen LogP contribution in [0.1, 0.15) is 33.3 Å². The molecule has 0 atom stereocenters. The van der Waals surface area contributed by atoms with Gasteiger partial charge in [-0.25, -0.2) is 13.1 Å². The topological polar surface area (TPSA) is 72.2 Å². The molecule has 0 saturated heterocycles. The lowest BCUT2D eigenvalue weighted by Gasteiger charge is -2.13. The molecule has 1 aliphatic rings. The van der Waals surface area contributed by atoms with Crippen LogP contribution in [0.3, 0.4) is 0 Å². The standard InChI is InChI=1S/C14H20Cl2N2O2S/c1-13(2)12(14(13,3)4)18-21(19,20)10-6-5-9(15)8(7-17)11(10)16/h5-6,12,18H,7,17H2,1-4H3. The second-order valence-corrected chi connectivity index (χ2v) is 9.01. The van der Waals surface area contributed by atoms with Crippen LogP contribution in [0, 0.1) is 10.8 Å². The summed E-state index contributed by atoms with van der Waals surface area (Å²) in [5.41, 5.74) is 5.82. The highest BCUT2D eigenvalue weighted by Gasteiger charge is 2.66. The molecule has 0 heterocycles. The largest absolute Gasteiger partial charge is 0.326 e. The van der Waals surface area contributed by atoms with Gasteiger partial charge in [0.15, 0.2) is 0 Å². The predicted molar refractivity (Wildman–Crippen MR) is 86.0 cm³/mol. The summed E-state index contributed by atoms with van der Waals surface area (Å²) in [6.07, 6.45) is 0. The second-order valence-electron chi connectivity index (χ2n) is 6.54. The number of sulfonamides is 1. The summed E-state index contributed by atoms with van der Waals surface area (Å²) in [6.45, 7) is 8.23.